The van der Waals surface area contributed by atoms with Gasteiger partial charge in [-0.1, -0.05) is 59.6 Å². The van der Waals surface area contributed by atoms with Crippen LogP contribution in [0.25, 0.3) is 0 Å². The molecule has 1 N–H and O–H groups in total. The summed E-state index contributed by atoms with van der Waals surface area (Å²) in [6.07, 6.45) is 3.29. The van der Waals surface area contributed by atoms with E-state index in [1.54, 1.807) is 12.1 Å². The van der Waals surface area contributed by atoms with E-state index in [1.165, 1.54) is 11.6 Å². The molecule has 0 radical (unpaired) electrons. The molecule has 2 aliphatic heterocycles. The summed E-state index contributed by atoms with van der Waals surface area (Å²) in [5.41, 5.74) is 2.73. The second-order valence-corrected chi connectivity index (χ2v) is 11.3. The number of nitrogens with one attached hydrogen (secondary N) is 1. The Balaban J connectivity index is 1.06. The fourth-order valence-corrected chi connectivity index (χ4v) is 5.67. The minimum absolute atomic E-state index is 0.0645. The van der Waals surface area contributed by atoms with Crippen LogP contribution in [0.3, 0.4) is 0 Å². The SMILES string of the molecule is O=C(NC1CCN(Cc2ccccc2)CC1)c1ccc(OC2CCN(Cc3ccc(Cl)c(Cl)c3)CC2)c(F)c1. The molecule has 8 heteroatoms. The van der Waals surface area contributed by atoms with Crippen LogP contribution in [0.2, 0.25) is 10.0 Å². The van der Waals surface area contributed by atoms with E-state index in [-0.39, 0.29) is 23.8 Å². The summed E-state index contributed by atoms with van der Waals surface area (Å²) in [6, 6.07) is 20.7. The van der Waals surface area contributed by atoms with Crippen LogP contribution in [-0.2, 0) is 13.1 Å². The molecule has 0 unspecified atom stereocenters. The molecule has 5 rings (SSSR count). The molecule has 1 amide bonds. The zero-order valence-corrected chi connectivity index (χ0v) is 23.4. The number of ether oxygens (including phenoxy) is 1. The number of carbonyl (C=O) groups is 1. The van der Waals surface area contributed by atoms with E-state index in [1.807, 2.05) is 24.3 Å². The first kappa shape index (κ1) is 27.9. The van der Waals surface area contributed by atoms with E-state index in [0.29, 0.717) is 15.6 Å². The topological polar surface area (TPSA) is 44.8 Å². The van der Waals surface area contributed by atoms with E-state index >= 15 is 0 Å². The monoisotopic (exact) mass is 569 g/mol. The summed E-state index contributed by atoms with van der Waals surface area (Å²) in [6.45, 7) is 5.24. The van der Waals surface area contributed by atoms with Crippen LogP contribution in [0.4, 0.5) is 4.39 Å². The van der Waals surface area contributed by atoms with Gasteiger partial charge in [0, 0.05) is 50.9 Å². The molecule has 206 valence electrons. The van der Waals surface area contributed by atoms with Crippen molar-refractivity contribution in [3.05, 3.63) is 99.3 Å². The maximum atomic E-state index is 14.9. The molecule has 2 aliphatic rings. The van der Waals surface area contributed by atoms with Gasteiger partial charge in [-0.25, -0.2) is 4.39 Å². The third kappa shape index (κ3) is 7.73. The van der Waals surface area contributed by atoms with Crippen molar-refractivity contribution in [1.82, 2.24) is 15.1 Å². The number of likely N-dealkylation sites (tertiary alicyclic amines) is 2. The van der Waals surface area contributed by atoms with Crippen LogP contribution in [0.15, 0.2) is 66.7 Å². The van der Waals surface area contributed by atoms with Gasteiger partial charge in [-0.3, -0.25) is 14.6 Å². The molecule has 0 bridgehead atoms. The molecule has 5 nitrogen and oxygen atoms in total. The maximum absolute atomic E-state index is 14.9. The summed E-state index contributed by atoms with van der Waals surface area (Å²) in [4.78, 5) is 17.5. The summed E-state index contributed by atoms with van der Waals surface area (Å²) in [7, 11) is 0. The lowest BCUT2D eigenvalue weighted by atomic mass is 10.0. The minimum Gasteiger partial charge on any atom is -0.487 e. The van der Waals surface area contributed by atoms with E-state index in [0.717, 1.165) is 70.5 Å². The molecule has 3 aromatic carbocycles. The van der Waals surface area contributed by atoms with Gasteiger partial charge in [0.15, 0.2) is 11.6 Å². The first-order valence-electron chi connectivity index (χ1n) is 13.6. The van der Waals surface area contributed by atoms with Gasteiger partial charge in [0.05, 0.1) is 10.0 Å². The maximum Gasteiger partial charge on any atom is 0.251 e. The largest absolute Gasteiger partial charge is 0.487 e. The number of piperidine rings is 2. The number of halogens is 3. The second-order valence-electron chi connectivity index (χ2n) is 10.5. The summed E-state index contributed by atoms with van der Waals surface area (Å²) in [5, 5.41) is 4.20. The van der Waals surface area contributed by atoms with Crippen LogP contribution in [0.1, 0.15) is 47.2 Å². The van der Waals surface area contributed by atoms with Crippen molar-refractivity contribution < 1.29 is 13.9 Å². The van der Waals surface area contributed by atoms with Gasteiger partial charge in [-0.15, -0.1) is 0 Å². The Morgan fingerprint density at radius 3 is 2.15 bits per heavy atom. The van der Waals surface area contributed by atoms with E-state index < -0.39 is 5.82 Å². The van der Waals surface area contributed by atoms with Gasteiger partial charge in [0.1, 0.15) is 6.10 Å². The summed E-state index contributed by atoms with van der Waals surface area (Å²) < 4.78 is 20.9. The Bertz CT molecular complexity index is 1260. The lowest BCUT2D eigenvalue weighted by Crippen LogP contribution is -2.44. The quantitative estimate of drug-likeness (QED) is 0.333. The zero-order valence-electron chi connectivity index (χ0n) is 21.9. The van der Waals surface area contributed by atoms with Crippen molar-refractivity contribution in [1.29, 1.82) is 0 Å². The third-order valence-corrected chi connectivity index (χ3v) is 8.32. The Morgan fingerprint density at radius 1 is 0.821 bits per heavy atom. The Kier molecular flexibility index (Phi) is 9.40. The number of benzene rings is 3. The summed E-state index contributed by atoms with van der Waals surface area (Å²) >= 11 is 12.2. The van der Waals surface area contributed by atoms with Crippen molar-refractivity contribution in [2.75, 3.05) is 26.2 Å². The Morgan fingerprint density at radius 2 is 1.49 bits per heavy atom. The first-order valence-corrected chi connectivity index (χ1v) is 14.4. The van der Waals surface area contributed by atoms with Crippen LogP contribution < -0.4 is 10.1 Å². The van der Waals surface area contributed by atoms with Gasteiger partial charge >= 0.3 is 0 Å². The molecule has 2 saturated heterocycles. The van der Waals surface area contributed by atoms with Crippen molar-refractivity contribution in [2.24, 2.45) is 0 Å². The van der Waals surface area contributed by atoms with Crippen molar-refractivity contribution in [3.8, 4) is 5.75 Å². The molecule has 0 spiro atoms. The lowest BCUT2D eigenvalue weighted by Gasteiger charge is -2.32. The number of hydrogen-bond acceptors (Lipinski definition) is 4. The van der Waals surface area contributed by atoms with Gasteiger partial charge in [-0.05, 0) is 67.1 Å². The molecule has 0 atom stereocenters. The van der Waals surface area contributed by atoms with Crippen LogP contribution in [-0.4, -0.2) is 54.0 Å². The van der Waals surface area contributed by atoms with Crippen LogP contribution in [0.5, 0.6) is 5.75 Å². The highest BCUT2D eigenvalue weighted by molar-refractivity contribution is 6.42. The Hall–Kier alpha value is -2.64. The zero-order chi connectivity index (χ0) is 27.2. The molecule has 2 heterocycles. The molecule has 39 heavy (non-hydrogen) atoms. The molecule has 0 saturated carbocycles. The van der Waals surface area contributed by atoms with Gasteiger partial charge in [0.25, 0.3) is 5.91 Å². The fourth-order valence-electron chi connectivity index (χ4n) is 5.34. The van der Waals surface area contributed by atoms with Crippen molar-refractivity contribution in [2.45, 2.75) is 50.9 Å². The predicted molar refractivity (Wildman–Crippen MR) is 154 cm³/mol. The standard InChI is InChI=1S/C31H34Cl2FN3O2/c32-27-8-6-23(18-28(27)33)21-37-16-12-26(13-17-37)39-30-9-7-24(19-29(30)34)31(38)35-25-10-14-36(15-11-25)20-22-4-2-1-3-5-22/h1-9,18-19,25-26H,10-17,20-21H2,(H,35,38). The average Bonchev–Trinajstić information content (AvgIpc) is 2.94. The number of amides is 1. The number of carbonyl (C=O) groups excluding carboxylic acids is 1. The normalized spacial score (nSPS) is 17.7. The van der Waals surface area contributed by atoms with Crippen LogP contribution in [0, 0.1) is 5.82 Å². The number of nitrogens with zero attached hydrogens (tertiary/aromatic N) is 2. The van der Waals surface area contributed by atoms with E-state index in [4.69, 9.17) is 27.9 Å². The van der Waals surface area contributed by atoms with Gasteiger partial charge in [-0.2, -0.15) is 0 Å². The number of hydrogen-bond donors (Lipinski definition) is 1. The second kappa shape index (κ2) is 13.1. The van der Waals surface area contributed by atoms with Gasteiger partial charge in [0.2, 0.25) is 0 Å². The average molecular weight is 571 g/mol. The summed E-state index contributed by atoms with van der Waals surface area (Å²) in [5.74, 6) is -0.542. The smallest absolute Gasteiger partial charge is 0.251 e. The van der Waals surface area contributed by atoms with E-state index in [2.05, 4.69) is 39.4 Å². The highest BCUT2D eigenvalue weighted by Crippen LogP contribution is 2.26. The Labute approximate surface area is 239 Å². The first-order chi connectivity index (χ1) is 18.9. The van der Waals surface area contributed by atoms with Crippen molar-refractivity contribution >= 4 is 29.1 Å². The molecular weight excluding hydrogens is 536 g/mol. The fraction of sp³-hybridized carbons (Fsp3) is 0.387. The molecular formula is C31H34Cl2FN3O2. The number of rotatable bonds is 8. The molecule has 0 aromatic heterocycles. The van der Waals surface area contributed by atoms with E-state index in [9.17, 15) is 9.18 Å². The molecule has 2 fully saturated rings. The predicted octanol–water partition coefficient (Wildman–Crippen LogP) is 6.57. The highest BCUT2D eigenvalue weighted by atomic mass is 35.5. The van der Waals surface area contributed by atoms with Crippen molar-refractivity contribution in [3.63, 3.8) is 0 Å². The third-order valence-electron chi connectivity index (χ3n) is 7.58. The minimum atomic E-state index is -0.501. The molecule has 3 aromatic rings. The molecule has 0 aliphatic carbocycles. The lowest BCUT2D eigenvalue weighted by molar-refractivity contribution is 0.0904. The van der Waals surface area contributed by atoms with Crippen LogP contribution >= 0.6 is 23.2 Å². The highest BCUT2D eigenvalue weighted by Gasteiger charge is 2.24. The van der Waals surface area contributed by atoms with Gasteiger partial charge < -0.3 is 10.1 Å².